The lowest BCUT2D eigenvalue weighted by Gasteiger charge is -2.32. The van der Waals surface area contributed by atoms with Crippen LogP contribution in [-0.2, 0) is 14.9 Å². The highest BCUT2D eigenvalue weighted by Gasteiger charge is 2.26. The van der Waals surface area contributed by atoms with Crippen LogP contribution in [0.1, 0.15) is 33.6 Å². The topological polar surface area (TPSA) is 104 Å². The Balaban J connectivity index is 0.000000621. The molecule has 8 heteroatoms. The number of likely N-dealkylation sites (tertiary alicyclic amines) is 1. The summed E-state index contributed by atoms with van der Waals surface area (Å²) < 4.78 is 31.1. The summed E-state index contributed by atoms with van der Waals surface area (Å²) in [5, 5.41) is 8.97. The number of hydrogen-bond acceptors (Lipinski definition) is 5. The summed E-state index contributed by atoms with van der Waals surface area (Å²) in [6.07, 6.45) is 2.22. The molecule has 0 aromatic carbocycles. The summed E-state index contributed by atoms with van der Waals surface area (Å²) in [4.78, 5) is 13.4. The molecule has 1 heterocycles. The third-order valence-electron chi connectivity index (χ3n) is 2.52. The molecule has 0 atom stereocenters. The summed E-state index contributed by atoms with van der Waals surface area (Å²) >= 11 is 0. The lowest BCUT2D eigenvalue weighted by molar-refractivity contribution is 0.0159. The van der Waals surface area contributed by atoms with E-state index in [1.165, 1.54) is 0 Å². The van der Waals surface area contributed by atoms with Crippen molar-refractivity contribution in [3.63, 3.8) is 0 Å². The van der Waals surface area contributed by atoms with Crippen molar-refractivity contribution in [2.45, 2.75) is 39.2 Å². The first kappa shape index (κ1) is 19.1. The van der Waals surface area contributed by atoms with Crippen molar-refractivity contribution in [3.8, 4) is 0 Å². The van der Waals surface area contributed by atoms with Crippen molar-refractivity contribution >= 4 is 16.2 Å². The van der Waals surface area contributed by atoms with E-state index in [9.17, 15) is 13.2 Å². The number of amides is 1. The van der Waals surface area contributed by atoms with Gasteiger partial charge in [0.05, 0.1) is 6.26 Å². The van der Waals surface area contributed by atoms with Crippen LogP contribution in [0.15, 0.2) is 0 Å². The van der Waals surface area contributed by atoms with Crippen LogP contribution in [0, 0.1) is 5.92 Å². The molecular weight excluding hydrogens is 286 g/mol. The second-order valence-corrected chi connectivity index (χ2v) is 7.29. The molecule has 1 saturated heterocycles. The van der Waals surface area contributed by atoms with Gasteiger partial charge in [-0.2, -0.15) is 8.42 Å². The van der Waals surface area contributed by atoms with Crippen LogP contribution in [0.2, 0.25) is 0 Å². The molecule has 1 rings (SSSR count). The summed E-state index contributed by atoms with van der Waals surface area (Å²) in [7, 11) is -3.67. The van der Waals surface area contributed by atoms with Gasteiger partial charge in [-0.25, -0.2) is 4.79 Å². The van der Waals surface area contributed by atoms with Gasteiger partial charge in [0.2, 0.25) is 0 Å². The first-order chi connectivity index (χ1) is 8.92. The molecule has 0 radical (unpaired) electrons. The number of hydrogen-bond donors (Lipinski definition) is 2. The van der Waals surface area contributed by atoms with E-state index in [1.807, 2.05) is 20.8 Å². The minimum absolute atomic E-state index is 0.224. The Morgan fingerprint density at radius 2 is 1.70 bits per heavy atom. The second kappa shape index (κ2) is 7.80. The molecule has 20 heavy (non-hydrogen) atoms. The highest BCUT2D eigenvalue weighted by atomic mass is 32.2. The van der Waals surface area contributed by atoms with Crippen molar-refractivity contribution in [2.24, 2.45) is 5.92 Å². The lowest BCUT2D eigenvalue weighted by atomic mass is 9.98. The van der Waals surface area contributed by atoms with Gasteiger partial charge in [-0.05, 0) is 39.5 Å². The molecule has 0 aromatic rings. The number of nitrogens with zero attached hydrogens (tertiary/aromatic N) is 1. The highest BCUT2D eigenvalue weighted by Crippen LogP contribution is 2.18. The molecule has 120 valence electrons. The molecule has 1 aliphatic rings. The molecule has 0 spiro atoms. The lowest BCUT2D eigenvalue weighted by Crippen LogP contribution is -2.42. The van der Waals surface area contributed by atoms with E-state index in [1.54, 1.807) is 4.90 Å². The molecule has 0 aliphatic carbocycles. The Labute approximate surface area is 120 Å². The first-order valence-corrected chi connectivity index (χ1v) is 8.28. The van der Waals surface area contributed by atoms with Gasteiger partial charge >= 0.3 is 6.09 Å². The molecule has 2 N–H and O–H groups in total. The molecule has 0 unspecified atom stereocenters. The van der Waals surface area contributed by atoms with Crippen molar-refractivity contribution in [1.29, 1.82) is 0 Å². The van der Waals surface area contributed by atoms with Gasteiger partial charge < -0.3 is 14.7 Å². The predicted octanol–water partition coefficient (Wildman–Crippen LogP) is 1.13. The van der Waals surface area contributed by atoms with Gasteiger partial charge in [-0.1, -0.05) is 0 Å². The van der Waals surface area contributed by atoms with Gasteiger partial charge in [0, 0.05) is 19.7 Å². The van der Waals surface area contributed by atoms with Crippen LogP contribution < -0.4 is 0 Å². The molecular formula is C12H25NO6S. The van der Waals surface area contributed by atoms with E-state index in [0.717, 1.165) is 12.8 Å². The number of aliphatic hydroxyl groups excluding tert-OH is 1. The van der Waals surface area contributed by atoms with Crippen molar-refractivity contribution in [1.82, 2.24) is 4.90 Å². The van der Waals surface area contributed by atoms with Crippen LogP contribution >= 0.6 is 0 Å². The van der Waals surface area contributed by atoms with Gasteiger partial charge in [0.25, 0.3) is 10.1 Å². The van der Waals surface area contributed by atoms with Crippen molar-refractivity contribution in [2.75, 3.05) is 26.0 Å². The zero-order chi connectivity index (χ0) is 16.0. The number of aliphatic hydroxyl groups is 1. The molecule has 1 amide bonds. The number of ether oxygens (including phenoxy) is 1. The molecule has 1 fully saturated rings. The second-order valence-electron chi connectivity index (χ2n) is 5.83. The fraction of sp³-hybridized carbons (Fsp3) is 0.917. The van der Waals surface area contributed by atoms with Crippen LogP contribution in [0.5, 0.6) is 0 Å². The van der Waals surface area contributed by atoms with Crippen LogP contribution in [0.4, 0.5) is 4.79 Å². The summed E-state index contributed by atoms with van der Waals surface area (Å²) in [5.74, 6) is 0.351. The number of rotatable bonds is 1. The zero-order valence-corrected chi connectivity index (χ0v) is 13.3. The Hall–Kier alpha value is -0.860. The molecule has 0 bridgehead atoms. The molecule has 0 aromatic heterocycles. The maximum atomic E-state index is 11.6. The van der Waals surface area contributed by atoms with Crippen LogP contribution in [0.25, 0.3) is 0 Å². The van der Waals surface area contributed by atoms with E-state index in [0.29, 0.717) is 25.3 Å². The quantitative estimate of drug-likeness (QED) is 0.703. The van der Waals surface area contributed by atoms with Crippen LogP contribution in [-0.4, -0.2) is 60.6 Å². The van der Waals surface area contributed by atoms with Crippen molar-refractivity contribution in [3.05, 3.63) is 0 Å². The molecule has 7 nitrogen and oxygen atoms in total. The number of piperidine rings is 1. The standard InChI is InChI=1S/C11H21NO3.CH4O3S/c1-11(2,3)15-10(14)12-6-4-9(8-13)5-7-12;1-5(2,3)4/h9,13H,4-8H2,1-3H3;1H3,(H,2,3,4). The first-order valence-electron chi connectivity index (χ1n) is 6.43. The summed E-state index contributed by atoms with van der Waals surface area (Å²) in [6, 6.07) is 0. The van der Waals surface area contributed by atoms with Gasteiger partial charge in [0.15, 0.2) is 0 Å². The zero-order valence-electron chi connectivity index (χ0n) is 12.5. The Morgan fingerprint density at radius 1 is 1.30 bits per heavy atom. The number of carbonyl (C=O) groups excluding carboxylic acids is 1. The maximum absolute atomic E-state index is 11.6. The van der Waals surface area contributed by atoms with E-state index in [-0.39, 0.29) is 12.7 Å². The van der Waals surface area contributed by atoms with Gasteiger partial charge in [-0.15, -0.1) is 0 Å². The Morgan fingerprint density at radius 3 is 2.00 bits per heavy atom. The van der Waals surface area contributed by atoms with Crippen LogP contribution in [0.3, 0.4) is 0 Å². The summed E-state index contributed by atoms with van der Waals surface area (Å²) in [6.45, 7) is 7.21. The van der Waals surface area contributed by atoms with E-state index in [4.69, 9.17) is 14.4 Å². The smallest absolute Gasteiger partial charge is 0.410 e. The predicted molar refractivity (Wildman–Crippen MR) is 75.1 cm³/mol. The minimum atomic E-state index is -3.67. The van der Waals surface area contributed by atoms with Crippen molar-refractivity contribution < 1.29 is 27.6 Å². The minimum Gasteiger partial charge on any atom is -0.444 e. The Kier molecular flexibility index (Phi) is 7.46. The van der Waals surface area contributed by atoms with E-state index in [2.05, 4.69) is 0 Å². The fourth-order valence-electron chi connectivity index (χ4n) is 1.62. The summed E-state index contributed by atoms with van der Waals surface area (Å²) in [5.41, 5.74) is -0.426. The fourth-order valence-corrected chi connectivity index (χ4v) is 1.62. The van der Waals surface area contributed by atoms with Gasteiger partial charge in [0.1, 0.15) is 5.60 Å². The average Bonchev–Trinajstić information content (AvgIpc) is 2.24. The average molecular weight is 311 g/mol. The van der Waals surface area contributed by atoms with Gasteiger partial charge in [-0.3, -0.25) is 4.55 Å². The highest BCUT2D eigenvalue weighted by molar-refractivity contribution is 7.85. The largest absolute Gasteiger partial charge is 0.444 e. The monoisotopic (exact) mass is 311 g/mol. The normalized spacial score (nSPS) is 17.2. The third-order valence-corrected chi connectivity index (χ3v) is 2.52. The van der Waals surface area contributed by atoms with E-state index < -0.39 is 15.7 Å². The molecule has 1 aliphatic heterocycles. The maximum Gasteiger partial charge on any atom is 0.410 e. The number of carbonyl (C=O) groups is 1. The SMILES string of the molecule is CC(C)(C)OC(=O)N1CCC(CO)CC1.CS(=O)(=O)O. The van der Waals surface area contributed by atoms with E-state index >= 15 is 0 Å². The third kappa shape index (κ3) is 11.0. The molecule has 0 saturated carbocycles. The Bertz CT molecular complexity index is 385.